The molecule has 0 amide bonds. The average molecular weight is 480 g/mol. The smallest absolute Gasteiger partial charge is 0.292 e. The van der Waals surface area contributed by atoms with Crippen molar-refractivity contribution in [3.8, 4) is 22.6 Å². The normalized spacial score (nSPS) is 11.2. The quantitative estimate of drug-likeness (QED) is 0.332. The van der Waals surface area contributed by atoms with E-state index < -0.39 is 0 Å². The molecule has 2 aromatic carbocycles. The maximum absolute atomic E-state index is 13.5. The molecule has 8 heteroatoms. The zero-order valence-electron chi connectivity index (χ0n) is 20.6. The number of H-pyrrole nitrogens is 1. The van der Waals surface area contributed by atoms with Gasteiger partial charge < -0.3 is 0 Å². The lowest BCUT2D eigenvalue weighted by Crippen LogP contribution is -2.26. The van der Waals surface area contributed by atoms with E-state index in [-0.39, 0.29) is 5.69 Å². The molecule has 0 radical (unpaired) electrons. The molecule has 8 nitrogen and oxygen atoms in total. The maximum Gasteiger partial charge on any atom is 0.329 e. The van der Waals surface area contributed by atoms with Crippen molar-refractivity contribution < 1.29 is 0 Å². The highest BCUT2D eigenvalue weighted by molar-refractivity contribution is 5.76. The second-order valence-electron chi connectivity index (χ2n) is 8.92. The largest absolute Gasteiger partial charge is 0.329 e. The van der Waals surface area contributed by atoms with Crippen LogP contribution in [-0.2, 0) is 19.5 Å². The van der Waals surface area contributed by atoms with E-state index in [2.05, 4.69) is 63.7 Å². The number of aromatic nitrogens is 7. The van der Waals surface area contributed by atoms with Gasteiger partial charge in [-0.1, -0.05) is 67.9 Å². The summed E-state index contributed by atoms with van der Waals surface area (Å²) >= 11 is 0. The van der Waals surface area contributed by atoms with E-state index in [1.54, 1.807) is 6.20 Å². The van der Waals surface area contributed by atoms with Gasteiger partial charge in [-0.2, -0.15) is 0 Å². The summed E-state index contributed by atoms with van der Waals surface area (Å²) in [6.45, 7) is 5.35. The van der Waals surface area contributed by atoms with E-state index in [0.29, 0.717) is 18.9 Å². The second-order valence-corrected chi connectivity index (χ2v) is 8.92. The summed E-state index contributed by atoms with van der Waals surface area (Å²) in [5, 5.41) is 14.2. The molecule has 0 saturated heterocycles. The van der Waals surface area contributed by atoms with Crippen LogP contribution in [0.25, 0.3) is 22.6 Å². The average Bonchev–Trinajstić information content (AvgIpc) is 3.53. The number of imidazole rings is 1. The molecule has 0 bridgehead atoms. The van der Waals surface area contributed by atoms with Gasteiger partial charge in [0, 0.05) is 28.7 Å². The maximum atomic E-state index is 13.5. The molecule has 182 valence electrons. The van der Waals surface area contributed by atoms with Crippen LogP contribution >= 0.6 is 0 Å². The van der Waals surface area contributed by atoms with E-state index in [4.69, 9.17) is 0 Å². The molecule has 0 atom stereocenters. The highest BCUT2D eigenvalue weighted by Crippen LogP contribution is 2.27. The van der Waals surface area contributed by atoms with Gasteiger partial charge in [0.25, 0.3) is 0 Å². The third-order valence-corrected chi connectivity index (χ3v) is 6.54. The molecule has 0 unspecified atom stereocenters. The molecule has 0 saturated carbocycles. The summed E-state index contributed by atoms with van der Waals surface area (Å²) in [6, 6.07) is 22.2. The van der Waals surface area contributed by atoms with Gasteiger partial charge in [-0.3, -0.25) is 14.1 Å². The van der Waals surface area contributed by atoms with E-state index >= 15 is 0 Å². The van der Waals surface area contributed by atoms with Crippen LogP contribution in [-0.4, -0.2) is 34.7 Å². The third kappa shape index (κ3) is 4.75. The fourth-order valence-corrected chi connectivity index (χ4v) is 4.58. The summed E-state index contributed by atoms with van der Waals surface area (Å²) in [5.41, 5.74) is 6.99. The number of hydrogen-bond acceptors (Lipinski definition) is 5. The second kappa shape index (κ2) is 10.5. The van der Waals surface area contributed by atoms with Crippen molar-refractivity contribution in [2.75, 3.05) is 0 Å². The lowest BCUT2D eigenvalue weighted by Gasteiger charge is -2.10. The van der Waals surface area contributed by atoms with Crippen molar-refractivity contribution in [3.63, 3.8) is 0 Å². The Balaban J connectivity index is 1.45. The molecular weight excluding hydrogens is 450 g/mol. The molecular formula is C28H29N7O. The van der Waals surface area contributed by atoms with E-state index in [1.165, 1.54) is 0 Å². The van der Waals surface area contributed by atoms with Crippen molar-refractivity contribution in [3.05, 3.63) is 106 Å². The SMILES string of the molecule is CCCCc1c(C)n(Cc2ccccc2)c(=O)n1Cc1ccc(-c2ncccc2-c2nnn[nH]2)cc1. The van der Waals surface area contributed by atoms with Crippen LogP contribution in [0, 0.1) is 6.92 Å². The zero-order chi connectivity index (χ0) is 24.9. The highest BCUT2D eigenvalue weighted by Gasteiger charge is 2.17. The van der Waals surface area contributed by atoms with Crippen molar-refractivity contribution >= 4 is 0 Å². The van der Waals surface area contributed by atoms with E-state index in [1.807, 2.05) is 51.6 Å². The van der Waals surface area contributed by atoms with E-state index in [0.717, 1.165) is 58.6 Å². The molecule has 3 heterocycles. The first-order valence-corrected chi connectivity index (χ1v) is 12.3. The molecule has 1 N–H and O–H groups in total. The van der Waals surface area contributed by atoms with Crippen LogP contribution in [0.2, 0.25) is 0 Å². The van der Waals surface area contributed by atoms with Crippen molar-refractivity contribution in [1.29, 1.82) is 0 Å². The lowest BCUT2D eigenvalue weighted by molar-refractivity contribution is 0.654. The van der Waals surface area contributed by atoms with Crippen LogP contribution in [0.1, 0.15) is 42.3 Å². The number of aromatic amines is 1. The number of tetrazole rings is 1. The van der Waals surface area contributed by atoms with Gasteiger partial charge in [0.2, 0.25) is 0 Å². The van der Waals surface area contributed by atoms with Gasteiger partial charge in [0.15, 0.2) is 5.82 Å². The molecule has 0 aliphatic rings. The van der Waals surface area contributed by atoms with Crippen molar-refractivity contribution in [2.45, 2.75) is 46.2 Å². The van der Waals surface area contributed by atoms with Gasteiger partial charge in [0.1, 0.15) is 0 Å². The minimum Gasteiger partial charge on any atom is -0.292 e. The topological polar surface area (TPSA) is 94.3 Å². The van der Waals surface area contributed by atoms with E-state index in [9.17, 15) is 4.79 Å². The Morgan fingerprint density at radius 2 is 1.64 bits per heavy atom. The summed E-state index contributed by atoms with van der Waals surface area (Å²) < 4.78 is 3.84. The summed E-state index contributed by atoms with van der Waals surface area (Å²) in [5.74, 6) is 0.574. The fraction of sp³-hybridized carbons (Fsp3) is 0.250. The molecule has 0 spiro atoms. The standard InChI is InChI=1S/C28H29N7O/c1-3-4-12-25-20(2)34(18-21-9-6-5-7-10-21)28(36)35(25)19-22-13-15-23(16-14-22)26-24(11-8-17-29-26)27-30-32-33-31-27/h5-11,13-17H,3-4,12,18-19H2,1-2H3,(H,30,31,32,33). The number of pyridine rings is 1. The Labute approximate surface area is 209 Å². The predicted octanol–water partition coefficient (Wildman–Crippen LogP) is 4.64. The number of unbranched alkanes of at least 4 members (excludes halogenated alkanes) is 1. The van der Waals surface area contributed by atoms with Gasteiger partial charge in [0.05, 0.1) is 18.8 Å². The van der Waals surface area contributed by atoms with Crippen LogP contribution in [0.4, 0.5) is 0 Å². The number of nitrogens with zero attached hydrogens (tertiary/aromatic N) is 6. The minimum atomic E-state index is 0.0383. The monoisotopic (exact) mass is 479 g/mol. The number of rotatable bonds is 9. The Morgan fingerprint density at radius 3 is 2.36 bits per heavy atom. The van der Waals surface area contributed by atoms with Crippen LogP contribution < -0.4 is 5.69 Å². The molecule has 0 aliphatic heterocycles. The molecule has 0 aliphatic carbocycles. The lowest BCUT2D eigenvalue weighted by atomic mass is 10.0. The molecule has 36 heavy (non-hydrogen) atoms. The molecule has 0 fully saturated rings. The summed E-state index contributed by atoms with van der Waals surface area (Å²) in [4.78, 5) is 18.1. The Morgan fingerprint density at radius 1 is 0.889 bits per heavy atom. The van der Waals surface area contributed by atoms with Crippen LogP contribution in [0.3, 0.4) is 0 Å². The zero-order valence-corrected chi connectivity index (χ0v) is 20.6. The Hall–Kier alpha value is -4.33. The van der Waals surface area contributed by atoms with Crippen LogP contribution in [0.15, 0.2) is 77.7 Å². The first-order chi connectivity index (χ1) is 17.7. The molecule has 3 aromatic heterocycles. The summed E-state index contributed by atoms with van der Waals surface area (Å²) in [7, 11) is 0. The third-order valence-electron chi connectivity index (χ3n) is 6.54. The van der Waals surface area contributed by atoms with Gasteiger partial charge in [-0.05, 0) is 53.5 Å². The number of benzene rings is 2. The van der Waals surface area contributed by atoms with Crippen LogP contribution in [0.5, 0.6) is 0 Å². The first-order valence-electron chi connectivity index (χ1n) is 12.3. The molecule has 5 rings (SSSR count). The van der Waals surface area contributed by atoms with Gasteiger partial charge in [-0.25, -0.2) is 9.89 Å². The number of nitrogens with one attached hydrogen (secondary N) is 1. The van der Waals surface area contributed by atoms with Crippen molar-refractivity contribution in [2.24, 2.45) is 0 Å². The fourth-order valence-electron chi connectivity index (χ4n) is 4.58. The first kappa shape index (κ1) is 23.4. The van der Waals surface area contributed by atoms with Crippen molar-refractivity contribution in [1.82, 2.24) is 34.7 Å². The summed E-state index contributed by atoms with van der Waals surface area (Å²) in [6.07, 6.45) is 4.78. The highest BCUT2D eigenvalue weighted by atomic mass is 16.1. The Kier molecular flexibility index (Phi) is 6.84. The minimum absolute atomic E-state index is 0.0383. The molecule has 5 aromatic rings. The Bertz CT molecular complexity index is 1480. The van der Waals surface area contributed by atoms with Gasteiger partial charge in [-0.15, -0.1) is 5.10 Å². The predicted molar refractivity (Wildman–Crippen MR) is 140 cm³/mol. The van der Waals surface area contributed by atoms with Gasteiger partial charge >= 0.3 is 5.69 Å². The number of hydrogen-bond donors (Lipinski definition) is 1.